The van der Waals surface area contributed by atoms with Gasteiger partial charge in [-0.15, -0.1) is 0 Å². The minimum absolute atomic E-state index is 0.152. The number of carbonyl (C=O) groups excluding carboxylic acids is 2. The summed E-state index contributed by atoms with van der Waals surface area (Å²) in [6.07, 6.45) is 1.34. The molecule has 0 saturated carbocycles. The van der Waals surface area contributed by atoms with Crippen molar-refractivity contribution in [1.82, 2.24) is 10.2 Å². The van der Waals surface area contributed by atoms with E-state index < -0.39 is 28.5 Å². The number of hydrogen-bond acceptors (Lipinski definition) is 4. The van der Waals surface area contributed by atoms with Crippen molar-refractivity contribution in [3.8, 4) is 0 Å². The van der Waals surface area contributed by atoms with Crippen LogP contribution in [0.25, 0.3) is 0 Å². The second kappa shape index (κ2) is 12.2. The molecule has 36 heavy (non-hydrogen) atoms. The molecule has 0 bridgehead atoms. The predicted molar refractivity (Wildman–Crippen MR) is 146 cm³/mol. The van der Waals surface area contributed by atoms with Crippen molar-refractivity contribution in [1.29, 1.82) is 0 Å². The Morgan fingerprint density at radius 1 is 0.944 bits per heavy atom. The average molecular weight is 573 g/mol. The number of anilines is 1. The summed E-state index contributed by atoms with van der Waals surface area (Å²) in [6.45, 7) is 1.66. The van der Waals surface area contributed by atoms with E-state index in [2.05, 4.69) is 21.2 Å². The van der Waals surface area contributed by atoms with Crippen molar-refractivity contribution < 1.29 is 18.0 Å². The lowest BCUT2D eigenvalue weighted by atomic mass is 10.0. The van der Waals surface area contributed by atoms with E-state index in [4.69, 9.17) is 0 Å². The van der Waals surface area contributed by atoms with E-state index in [-0.39, 0.29) is 18.9 Å². The molecule has 7 nitrogen and oxygen atoms in total. The standard InChI is InChI=1S/C27H30BrN3O4S/c1-20-10-9-13-22(16-20)18-30(25(27(33)29-2)17-21-11-5-4-6-12-21)26(32)19-31(36(3,34)35)24-15-8-7-14-23(24)28/h4-16,25H,17-19H2,1-3H3,(H,29,33). The zero-order valence-electron chi connectivity index (χ0n) is 20.5. The van der Waals surface area contributed by atoms with Crippen LogP contribution in [0.2, 0.25) is 0 Å². The lowest BCUT2D eigenvalue weighted by molar-refractivity contribution is -0.139. The highest BCUT2D eigenvalue weighted by Gasteiger charge is 2.33. The number of sulfonamides is 1. The van der Waals surface area contributed by atoms with Crippen LogP contribution >= 0.6 is 15.9 Å². The third kappa shape index (κ3) is 7.18. The summed E-state index contributed by atoms with van der Waals surface area (Å²) in [6, 6.07) is 23.1. The number of aryl methyl sites for hydroxylation is 1. The van der Waals surface area contributed by atoms with Crippen molar-refractivity contribution >= 4 is 43.5 Å². The fourth-order valence-electron chi connectivity index (χ4n) is 3.98. The van der Waals surface area contributed by atoms with E-state index in [1.54, 1.807) is 24.3 Å². The third-order valence-electron chi connectivity index (χ3n) is 5.75. The number of amides is 2. The highest BCUT2D eigenvalue weighted by atomic mass is 79.9. The maximum absolute atomic E-state index is 13.9. The number of carbonyl (C=O) groups is 2. The van der Waals surface area contributed by atoms with Gasteiger partial charge < -0.3 is 10.2 Å². The Hall–Kier alpha value is -3.17. The van der Waals surface area contributed by atoms with Gasteiger partial charge in [-0.3, -0.25) is 13.9 Å². The molecule has 3 rings (SSSR count). The molecule has 0 aliphatic carbocycles. The molecule has 3 aromatic rings. The minimum atomic E-state index is -3.80. The molecule has 0 radical (unpaired) electrons. The first kappa shape index (κ1) is 27.4. The number of hydrogen-bond donors (Lipinski definition) is 1. The van der Waals surface area contributed by atoms with Crippen LogP contribution in [0.1, 0.15) is 16.7 Å². The molecule has 0 fully saturated rings. The monoisotopic (exact) mass is 571 g/mol. The van der Waals surface area contributed by atoms with E-state index in [0.717, 1.165) is 27.3 Å². The molecule has 3 aromatic carbocycles. The van der Waals surface area contributed by atoms with Crippen molar-refractivity contribution in [2.45, 2.75) is 25.9 Å². The Kier molecular flexibility index (Phi) is 9.28. The molecule has 0 spiro atoms. The molecule has 1 atom stereocenters. The van der Waals surface area contributed by atoms with Crippen molar-refractivity contribution in [2.75, 3.05) is 24.2 Å². The zero-order valence-corrected chi connectivity index (χ0v) is 22.9. The van der Waals surface area contributed by atoms with Gasteiger partial charge in [0.2, 0.25) is 21.8 Å². The molecule has 0 aliphatic heterocycles. The van der Waals surface area contributed by atoms with Gasteiger partial charge in [0.15, 0.2) is 0 Å². The van der Waals surface area contributed by atoms with Gasteiger partial charge in [0.05, 0.1) is 11.9 Å². The van der Waals surface area contributed by atoms with Gasteiger partial charge in [-0.25, -0.2) is 8.42 Å². The molecule has 2 amide bonds. The Labute approximate surface area is 221 Å². The normalized spacial score (nSPS) is 12.0. The largest absolute Gasteiger partial charge is 0.357 e. The second-order valence-corrected chi connectivity index (χ2v) is 11.3. The van der Waals surface area contributed by atoms with Crippen molar-refractivity contribution in [3.63, 3.8) is 0 Å². The highest BCUT2D eigenvalue weighted by molar-refractivity contribution is 9.10. The minimum Gasteiger partial charge on any atom is -0.357 e. The fourth-order valence-corrected chi connectivity index (χ4v) is 5.45. The summed E-state index contributed by atoms with van der Waals surface area (Å²) in [7, 11) is -2.28. The number of nitrogens with one attached hydrogen (secondary N) is 1. The van der Waals surface area contributed by atoms with Crippen molar-refractivity contribution in [2.24, 2.45) is 0 Å². The number of nitrogens with zero attached hydrogens (tertiary/aromatic N) is 2. The summed E-state index contributed by atoms with van der Waals surface area (Å²) >= 11 is 3.39. The lowest BCUT2D eigenvalue weighted by Crippen LogP contribution is -2.52. The van der Waals surface area contributed by atoms with Crippen LogP contribution in [-0.2, 0) is 32.6 Å². The Bertz CT molecular complexity index is 1320. The third-order valence-corrected chi connectivity index (χ3v) is 7.55. The van der Waals surface area contributed by atoms with Gasteiger partial charge in [0.25, 0.3) is 0 Å². The summed E-state index contributed by atoms with van der Waals surface area (Å²) < 4.78 is 27.1. The smallest absolute Gasteiger partial charge is 0.244 e. The Balaban J connectivity index is 2.04. The maximum atomic E-state index is 13.9. The quantitative estimate of drug-likeness (QED) is 0.399. The summed E-state index contributed by atoms with van der Waals surface area (Å²) in [4.78, 5) is 28.4. The molecule has 0 aromatic heterocycles. The second-order valence-electron chi connectivity index (χ2n) is 8.55. The number of likely N-dealkylation sites (N-methyl/N-ethyl adjacent to an activating group) is 1. The topological polar surface area (TPSA) is 86.8 Å². The van der Waals surface area contributed by atoms with Crippen LogP contribution in [0.4, 0.5) is 5.69 Å². The van der Waals surface area contributed by atoms with Gasteiger partial charge >= 0.3 is 0 Å². The van der Waals surface area contributed by atoms with Gasteiger partial charge in [0, 0.05) is 24.5 Å². The fraction of sp³-hybridized carbons (Fsp3) is 0.259. The van der Waals surface area contributed by atoms with Crippen LogP contribution in [0, 0.1) is 6.92 Å². The van der Waals surface area contributed by atoms with Gasteiger partial charge in [-0.1, -0.05) is 72.3 Å². The van der Waals surface area contributed by atoms with Crippen LogP contribution in [-0.4, -0.2) is 51.0 Å². The SMILES string of the molecule is CNC(=O)C(Cc1ccccc1)N(Cc1cccc(C)c1)C(=O)CN(c1ccccc1Br)S(C)(=O)=O. The zero-order chi connectivity index (χ0) is 26.3. The molecular formula is C27H30BrN3O4S. The summed E-state index contributed by atoms with van der Waals surface area (Å²) in [5.41, 5.74) is 3.10. The molecule has 0 heterocycles. The Morgan fingerprint density at radius 2 is 1.58 bits per heavy atom. The summed E-state index contributed by atoms with van der Waals surface area (Å²) in [5.74, 6) is -0.811. The molecule has 9 heteroatoms. The van der Waals surface area contributed by atoms with E-state index in [0.29, 0.717) is 10.2 Å². The molecule has 0 saturated heterocycles. The Morgan fingerprint density at radius 3 is 2.19 bits per heavy atom. The predicted octanol–water partition coefficient (Wildman–Crippen LogP) is 3.91. The molecule has 1 N–H and O–H groups in total. The van der Waals surface area contributed by atoms with Crippen LogP contribution in [0.5, 0.6) is 0 Å². The number of rotatable bonds is 10. The van der Waals surface area contributed by atoms with Crippen LogP contribution in [0.3, 0.4) is 0 Å². The summed E-state index contributed by atoms with van der Waals surface area (Å²) in [5, 5.41) is 2.67. The van der Waals surface area contributed by atoms with Crippen molar-refractivity contribution in [3.05, 3.63) is 100 Å². The number of benzene rings is 3. The molecular weight excluding hydrogens is 542 g/mol. The van der Waals surface area contributed by atoms with E-state index in [9.17, 15) is 18.0 Å². The van der Waals surface area contributed by atoms with Gasteiger partial charge in [-0.05, 0) is 46.1 Å². The first-order valence-corrected chi connectivity index (χ1v) is 14.1. The highest BCUT2D eigenvalue weighted by Crippen LogP contribution is 2.28. The number of halogens is 1. The first-order valence-electron chi connectivity index (χ1n) is 11.4. The van der Waals surface area contributed by atoms with E-state index >= 15 is 0 Å². The molecule has 190 valence electrons. The van der Waals surface area contributed by atoms with Gasteiger partial charge in [-0.2, -0.15) is 0 Å². The average Bonchev–Trinajstić information content (AvgIpc) is 2.84. The van der Waals surface area contributed by atoms with Gasteiger partial charge in [0.1, 0.15) is 12.6 Å². The maximum Gasteiger partial charge on any atom is 0.244 e. The number of para-hydroxylation sites is 1. The first-order chi connectivity index (χ1) is 17.1. The molecule has 0 aliphatic rings. The molecule has 1 unspecified atom stereocenters. The lowest BCUT2D eigenvalue weighted by Gasteiger charge is -2.33. The van der Waals surface area contributed by atoms with E-state index in [1.165, 1.54) is 11.9 Å². The van der Waals surface area contributed by atoms with Crippen LogP contribution in [0.15, 0.2) is 83.3 Å². The van der Waals surface area contributed by atoms with Crippen LogP contribution < -0.4 is 9.62 Å². The van der Waals surface area contributed by atoms with E-state index in [1.807, 2.05) is 61.5 Å².